The van der Waals surface area contributed by atoms with Crippen molar-refractivity contribution in [1.82, 2.24) is 0 Å². The largest absolute Gasteiger partial charge is 0.299 e. The van der Waals surface area contributed by atoms with Crippen LogP contribution in [0.3, 0.4) is 0 Å². The summed E-state index contributed by atoms with van der Waals surface area (Å²) < 4.78 is 0. The minimum absolute atomic E-state index is 0.0595. The molecule has 1 rings (SSSR count). The molecule has 88 valence electrons. The van der Waals surface area contributed by atoms with E-state index in [9.17, 15) is 4.79 Å². The topological polar surface area (TPSA) is 17.1 Å². The third-order valence-corrected chi connectivity index (χ3v) is 3.25. The Morgan fingerprint density at radius 3 is 2.25 bits per heavy atom. The highest BCUT2D eigenvalue weighted by atomic mass is 16.1. The molecule has 0 bridgehead atoms. The number of hydrogen-bond acceptors (Lipinski definition) is 1. The number of Topliss-reactive ketones (excluding diaryl/α,β-unsaturated/α-hetero) is 1. The third-order valence-electron chi connectivity index (χ3n) is 3.25. The lowest BCUT2D eigenvalue weighted by molar-refractivity contribution is -0.121. The van der Waals surface area contributed by atoms with Gasteiger partial charge in [0.15, 0.2) is 0 Å². The molecule has 1 atom stereocenters. The summed E-state index contributed by atoms with van der Waals surface area (Å²) >= 11 is 0. The van der Waals surface area contributed by atoms with Crippen LogP contribution in [0.25, 0.3) is 0 Å². The van der Waals surface area contributed by atoms with Crippen LogP contribution in [0.5, 0.6) is 0 Å². The van der Waals surface area contributed by atoms with Crippen molar-refractivity contribution in [2.45, 2.75) is 47.0 Å². The molecule has 16 heavy (non-hydrogen) atoms. The van der Waals surface area contributed by atoms with Crippen molar-refractivity contribution in [2.24, 2.45) is 5.92 Å². The van der Waals surface area contributed by atoms with E-state index in [-0.39, 0.29) is 5.92 Å². The van der Waals surface area contributed by atoms with E-state index in [1.807, 2.05) is 6.92 Å². The van der Waals surface area contributed by atoms with Crippen LogP contribution in [0.2, 0.25) is 0 Å². The van der Waals surface area contributed by atoms with Crippen molar-refractivity contribution < 1.29 is 4.79 Å². The average Bonchev–Trinajstić information content (AvgIpc) is 2.22. The molecule has 0 saturated carbocycles. The van der Waals surface area contributed by atoms with Gasteiger partial charge in [0, 0.05) is 12.3 Å². The first-order valence-corrected chi connectivity index (χ1v) is 6.07. The standard InChI is InChI=1S/C15H22O/c1-6-14(16)15(10(2)3)13-8-7-11(4)12(5)9-13/h7-10,15H,6H2,1-5H3. The van der Waals surface area contributed by atoms with Gasteiger partial charge in [0.25, 0.3) is 0 Å². The normalized spacial score (nSPS) is 12.9. The minimum atomic E-state index is 0.0595. The fourth-order valence-corrected chi connectivity index (χ4v) is 2.12. The number of carbonyl (C=O) groups is 1. The second-order valence-electron chi connectivity index (χ2n) is 4.89. The van der Waals surface area contributed by atoms with E-state index in [2.05, 4.69) is 45.9 Å². The van der Waals surface area contributed by atoms with E-state index in [4.69, 9.17) is 0 Å². The molecule has 0 amide bonds. The van der Waals surface area contributed by atoms with Crippen molar-refractivity contribution >= 4 is 5.78 Å². The van der Waals surface area contributed by atoms with Crippen LogP contribution in [0.1, 0.15) is 49.8 Å². The summed E-state index contributed by atoms with van der Waals surface area (Å²) in [6.45, 7) is 10.4. The summed E-state index contributed by atoms with van der Waals surface area (Å²) in [6.07, 6.45) is 0.621. The SMILES string of the molecule is CCC(=O)C(c1ccc(C)c(C)c1)C(C)C. The Morgan fingerprint density at radius 1 is 1.19 bits per heavy atom. The highest BCUT2D eigenvalue weighted by molar-refractivity contribution is 5.85. The molecular weight excluding hydrogens is 196 g/mol. The van der Waals surface area contributed by atoms with Gasteiger partial charge in [-0.1, -0.05) is 39.0 Å². The molecule has 1 unspecified atom stereocenters. The predicted octanol–water partition coefficient (Wildman–Crippen LogP) is 4.02. The summed E-state index contributed by atoms with van der Waals surface area (Å²) in [5.74, 6) is 0.775. The lowest BCUT2D eigenvalue weighted by Crippen LogP contribution is -2.17. The molecule has 0 aliphatic heterocycles. The Hall–Kier alpha value is -1.11. The number of carbonyl (C=O) groups excluding carboxylic acids is 1. The highest BCUT2D eigenvalue weighted by Crippen LogP contribution is 2.27. The summed E-state index contributed by atoms with van der Waals surface area (Å²) in [4.78, 5) is 12.0. The number of rotatable bonds is 4. The van der Waals surface area contributed by atoms with E-state index in [1.54, 1.807) is 0 Å². The minimum Gasteiger partial charge on any atom is -0.299 e. The van der Waals surface area contributed by atoms with Gasteiger partial charge in [-0.2, -0.15) is 0 Å². The molecule has 0 radical (unpaired) electrons. The van der Waals surface area contributed by atoms with Gasteiger partial charge in [0.05, 0.1) is 0 Å². The molecule has 0 fully saturated rings. The maximum atomic E-state index is 12.0. The summed E-state index contributed by atoms with van der Waals surface area (Å²) in [7, 11) is 0. The van der Waals surface area contributed by atoms with Gasteiger partial charge in [-0.05, 0) is 36.5 Å². The molecule has 0 aliphatic carbocycles. The van der Waals surface area contributed by atoms with E-state index in [0.717, 1.165) is 0 Å². The van der Waals surface area contributed by atoms with Gasteiger partial charge < -0.3 is 0 Å². The lowest BCUT2D eigenvalue weighted by atomic mass is 9.83. The van der Waals surface area contributed by atoms with Crippen molar-refractivity contribution in [1.29, 1.82) is 0 Å². The van der Waals surface area contributed by atoms with E-state index < -0.39 is 0 Å². The monoisotopic (exact) mass is 218 g/mol. The molecular formula is C15H22O. The molecule has 0 aliphatic rings. The van der Waals surface area contributed by atoms with Gasteiger partial charge >= 0.3 is 0 Å². The summed E-state index contributed by atoms with van der Waals surface area (Å²) in [5.41, 5.74) is 3.73. The molecule has 1 heteroatoms. The quantitative estimate of drug-likeness (QED) is 0.746. The number of aryl methyl sites for hydroxylation is 2. The zero-order valence-corrected chi connectivity index (χ0v) is 11.0. The van der Waals surface area contributed by atoms with Gasteiger partial charge in [-0.3, -0.25) is 4.79 Å². The first kappa shape index (κ1) is 13.0. The zero-order valence-electron chi connectivity index (χ0n) is 11.0. The first-order valence-electron chi connectivity index (χ1n) is 6.07. The molecule has 0 saturated heterocycles. The number of benzene rings is 1. The van der Waals surface area contributed by atoms with Gasteiger partial charge in [0.2, 0.25) is 0 Å². The van der Waals surface area contributed by atoms with Crippen molar-refractivity contribution in [2.75, 3.05) is 0 Å². The first-order chi connectivity index (χ1) is 7.47. The van der Waals surface area contributed by atoms with Crippen LogP contribution in [-0.4, -0.2) is 5.78 Å². The number of ketones is 1. The Kier molecular flexibility index (Phi) is 4.28. The van der Waals surface area contributed by atoms with Crippen molar-refractivity contribution in [3.05, 3.63) is 34.9 Å². The van der Waals surface area contributed by atoms with Gasteiger partial charge in [-0.25, -0.2) is 0 Å². The smallest absolute Gasteiger partial charge is 0.140 e. The Morgan fingerprint density at radius 2 is 1.81 bits per heavy atom. The molecule has 0 aromatic heterocycles. The van der Waals surface area contributed by atoms with Crippen LogP contribution in [-0.2, 0) is 4.79 Å². The lowest BCUT2D eigenvalue weighted by Gasteiger charge is -2.20. The van der Waals surface area contributed by atoms with Crippen LogP contribution in [0.4, 0.5) is 0 Å². The Bertz CT molecular complexity index is 377. The van der Waals surface area contributed by atoms with E-state index >= 15 is 0 Å². The fourth-order valence-electron chi connectivity index (χ4n) is 2.12. The maximum absolute atomic E-state index is 12.0. The fraction of sp³-hybridized carbons (Fsp3) is 0.533. The molecule has 1 aromatic rings. The van der Waals surface area contributed by atoms with Gasteiger partial charge in [-0.15, -0.1) is 0 Å². The predicted molar refractivity (Wildman–Crippen MR) is 68.8 cm³/mol. The van der Waals surface area contributed by atoms with Crippen LogP contribution < -0.4 is 0 Å². The second-order valence-corrected chi connectivity index (χ2v) is 4.89. The average molecular weight is 218 g/mol. The highest BCUT2D eigenvalue weighted by Gasteiger charge is 2.22. The summed E-state index contributed by atoms with van der Waals surface area (Å²) in [6, 6.07) is 6.37. The van der Waals surface area contributed by atoms with E-state index in [1.165, 1.54) is 16.7 Å². The Balaban J connectivity index is 3.11. The second kappa shape index (κ2) is 5.29. The molecule has 1 aromatic carbocycles. The van der Waals surface area contributed by atoms with Crippen molar-refractivity contribution in [3.8, 4) is 0 Å². The molecule has 0 heterocycles. The maximum Gasteiger partial charge on any atom is 0.140 e. The van der Waals surface area contributed by atoms with Crippen LogP contribution >= 0.6 is 0 Å². The molecule has 0 spiro atoms. The zero-order chi connectivity index (χ0) is 12.3. The van der Waals surface area contributed by atoms with Crippen LogP contribution in [0, 0.1) is 19.8 Å². The Labute approximate surface area is 98.9 Å². The van der Waals surface area contributed by atoms with E-state index in [0.29, 0.717) is 18.1 Å². The molecule has 0 N–H and O–H groups in total. The van der Waals surface area contributed by atoms with Crippen LogP contribution in [0.15, 0.2) is 18.2 Å². The summed E-state index contributed by atoms with van der Waals surface area (Å²) in [5, 5.41) is 0. The van der Waals surface area contributed by atoms with Gasteiger partial charge in [0.1, 0.15) is 5.78 Å². The third kappa shape index (κ3) is 2.72. The number of hydrogen-bond donors (Lipinski definition) is 0. The molecule has 1 nitrogen and oxygen atoms in total. The van der Waals surface area contributed by atoms with Crippen molar-refractivity contribution in [3.63, 3.8) is 0 Å².